The summed E-state index contributed by atoms with van der Waals surface area (Å²) < 4.78 is 4.03. The molecule has 3 aromatic rings. The first-order valence-corrected chi connectivity index (χ1v) is 9.04. The van der Waals surface area contributed by atoms with Crippen LogP contribution in [0, 0.1) is 17.0 Å². The third kappa shape index (κ3) is 4.55. The van der Waals surface area contributed by atoms with Gasteiger partial charge in [-0.15, -0.1) is 20.5 Å². The molecule has 0 unspecified atom stereocenters. The number of nitro groups is 1. The maximum Gasteiger partial charge on any atom is 0.296 e. The zero-order valence-corrected chi connectivity index (χ0v) is 16.5. The number of anilines is 1. The minimum absolute atomic E-state index is 0.0705. The Morgan fingerprint density at radius 2 is 1.79 bits per heavy atom. The van der Waals surface area contributed by atoms with Gasteiger partial charge in [-0.2, -0.15) is 4.37 Å². The van der Waals surface area contributed by atoms with Crippen molar-refractivity contribution in [3.8, 4) is 5.75 Å². The number of aromatic nitrogens is 2. The predicted molar refractivity (Wildman–Crippen MR) is 109 cm³/mol. The van der Waals surface area contributed by atoms with Gasteiger partial charge in [0.25, 0.3) is 5.69 Å². The largest absolute Gasteiger partial charge is 0.504 e. The number of benzene rings is 2. The Balaban J connectivity index is 2.01. The summed E-state index contributed by atoms with van der Waals surface area (Å²) in [6.45, 7) is 1.74. The lowest BCUT2D eigenvalue weighted by atomic mass is 10.2. The number of nitro benzene ring substituents is 1. The Labute approximate surface area is 169 Å². The van der Waals surface area contributed by atoms with Crippen molar-refractivity contribution < 1.29 is 10.0 Å². The van der Waals surface area contributed by atoms with Gasteiger partial charge in [0.05, 0.1) is 10.6 Å². The minimum Gasteiger partial charge on any atom is -0.504 e. The Hall–Kier alpha value is -3.80. The van der Waals surface area contributed by atoms with Crippen LogP contribution < -0.4 is 4.90 Å². The van der Waals surface area contributed by atoms with Gasteiger partial charge < -0.3 is 10.0 Å². The van der Waals surface area contributed by atoms with Crippen LogP contribution in [0.3, 0.4) is 0 Å². The molecule has 0 aliphatic rings. The van der Waals surface area contributed by atoms with Gasteiger partial charge in [0.2, 0.25) is 5.13 Å². The normalized spacial score (nSPS) is 11.4. The number of aromatic hydroxyl groups is 1. The summed E-state index contributed by atoms with van der Waals surface area (Å²) in [7, 11) is 3.58. The van der Waals surface area contributed by atoms with Crippen LogP contribution in [0.15, 0.2) is 56.9 Å². The van der Waals surface area contributed by atoms with Gasteiger partial charge in [0.1, 0.15) is 11.5 Å². The Morgan fingerprint density at radius 1 is 1.07 bits per heavy atom. The molecule has 0 spiro atoms. The summed E-state index contributed by atoms with van der Waals surface area (Å²) in [6.07, 6.45) is 0. The second kappa shape index (κ2) is 8.48. The van der Waals surface area contributed by atoms with Gasteiger partial charge in [-0.1, -0.05) is 12.1 Å². The molecule has 0 aliphatic heterocycles. The predicted octanol–water partition coefficient (Wildman–Crippen LogP) is 5.36. The molecule has 0 aliphatic carbocycles. The van der Waals surface area contributed by atoms with Crippen molar-refractivity contribution >= 4 is 45.1 Å². The Kier molecular flexibility index (Phi) is 5.83. The van der Waals surface area contributed by atoms with Crippen molar-refractivity contribution in [2.45, 2.75) is 6.92 Å². The molecule has 0 fully saturated rings. The Bertz CT molecular complexity index is 1110. The van der Waals surface area contributed by atoms with Crippen LogP contribution in [0.4, 0.5) is 33.6 Å². The smallest absolute Gasteiger partial charge is 0.296 e. The van der Waals surface area contributed by atoms with Crippen LogP contribution in [-0.2, 0) is 0 Å². The monoisotopic (exact) mass is 412 g/mol. The average molecular weight is 412 g/mol. The Morgan fingerprint density at radius 3 is 2.45 bits per heavy atom. The number of nitrogens with zero attached hydrogens (tertiary/aromatic N) is 8. The first-order chi connectivity index (χ1) is 13.9. The third-order valence-electron chi connectivity index (χ3n) is 3.69. The highest BCUT2D eigenvalue weighted by Crippen LogP contribution is 2.44. The van der Waals surface area contributed by atoms with E-state index < -0.39 is 4.92 Å². The van der Waals surface area contributed by atoms with Crippen molar-refractivity contribution in [2.75, 3.05) is 19.0 Å². The number of azo groups is 2. The lowest BCUT2D eigenvalue weighted by Gasteiger charge is -2.15. The van der Waals surface area contributed by atoms with Crippen LogP contribution in [0.25, 0.3) is 0 Å². The maximum atomic E-state index is 11.1. The molecule has 1 N–H and O–H groups in total. The van der Waals surface area contributed by atoms with E-state index in [-0.39, 0.29) is 28.5 Å². The fraction of sp³-hybridized carbons (Fsp3) is 0.176. The molecule has 3 rings (SSSR count). The second-order valence-corrected chi connectivity index (χ2v) is 6.70. The van der Waals surface area contributed by atoms with E-state index in [9.17, 15) is 15.2 Å². The first kappa shape index (κ1) is 19.9. The second-order valence-electron chi connectivity index (χ2n) is 5.97. The van der Waals surface area contributed by atoms with Crippen molar-refractivity contribution in [3.05, 3.63) is 52.3 Å². The van der Waals surface area contributed by atoms with Gasteiger partial charge in [-0.25, -0.2) is 4.98 Å². The van der Waals surface area contributed by atoms with Crippen LogP contribution in [-0.4, -0.2) is 33.5 Å². The number of hydrogen-bond acceptors (Lipinski definition) is 11. The van der Waals surface area contributed by atoms with Crippen molar-refractivity contribution in [3.63, 3.8) is 0 Å². The molecule has 0 amide bonds. The highest BCUT2D eigenvalue weighted by Gasteiger charge is 2.16. The van der Waals surface area contributed by atoms with E-state index in [1.165, 1.54) is 24.3 Å². The zero-order chi connectivity index (χ0) is 21.0. The summed E-state index contributed by atoms with van der Waals surface area (Å²) in [5.41, 5.74) is 0.739. The van der Waals surface area contributed by atoms with Gasteiger partial charge in [-0.05, 0) is 25.1 Å². The van der Waals surface area contributed by atoms with Crippen LogP contribution >= 0.6 is 11.5 Å². The SMILES string of the molecule is Cc1nsc(N=Nc2c(N(C)C)ccc(N=Nc3ccccc3[N+](=O)[O-])c2O)n1. The summed E-state index contributed by atoms with van der Waals surface area (Å²) >= 11 is 1.08. The van der Waals surface area contributed by atoms with E-state index in [4.69, 9.17) is 0 Å². The van der Waals surface area contributed by atoms with E-state index in [1.54, 1.807) is 38.1 Å². The molecule has 29 heavy (non-hydrogen) atoms. The molecule has 0 atom stereocenters. The lowest BCUT2D eigenvalue weighted by molar-refractivity contribution is -0.384. The molecule has 0 saturated heterocycles. The van der Waals surface area contributed by atoms with Crippen LogP contribution in [0.1, 0.15) is 5.82 Å². The topological polar surface area (TPSA) is 142 Å². The molecule has 12 heteroatoms. The lowest BCUT2D eigenvalue weighted by Crippen LogP contribution is -2.08. The number of phenolic OH excluding ortho intramolecular Hbond substituents is 1. The molecule has 0 saturated carbocycles. The molecule has 2 aromatic carbocycles. The molecular formula is C17H16N8O3S. The fourth-order valence-corrected chi connectivity index (χ4v) is 2.83. The molecule has 1 aromatic heterocycles. The number of phenols is 1. The van der Waals surface area contributed by atoms with Crippen LogP contribution in [0.5, 0.6) is 5.75 Å². The van der Waals surface area contributed by atoms with E-state index in [0.717, 1.165) is 11.5 Å². The maximum absolute atomic E-state index is 11.1. The van der Waals surface area contributed by atoms with Crippen molar-refractivity contribution in [1.29, 1.82) is 0 Å². The van der Waals surface area contributed by atoms with Crippen molar-refractivity contribution in [2.24, 2.45) is 20.5 Å². The van der Waals surface area contributed by atoms with Gasteiger partial charge in [-0.3, -0.25) is 10.1 Å². The van der Waals surface area contributed by atoms with Crippen LogP contribution in [0.2, 0.25) is 0 Å². The summed E-state index contributed by atoms with van der Waals surface area (Å²) in [5.74, 6) is 0.316. The molecule has 148 valence electrons. The van der Waals surface area contributed by atoms with Crippen molar-refractivity contribution in [1.82, 2.24) is 9.36 Å². The van der Waals surface area contributed by atoms with E-state index in [0.29, 0.717) is 16.6 Å². The number of rotatable bonds is 6. The third-order valence-corrected chi connectivity index (χ3v) is 4.38. The standard InChI is InChI=1S/C17H16N8O3S/c1-10-18-17(29-23-10)22-21-15-14(24(2)3)9-8-12(16(15)26)20-19-11-6-4-5-7-13(11)25(27)28/h4-9,26H,1-3H3. The van der Waals surface area contributed by atoms with E-state index in [1.807, 2.05) is 0 Å². The molecule has 0 bridgehead atoms. The summed E-state index contributed by atoms with van der Waals surface area (Å²) in [5, 5.41) is 38.1. The quantitative estimate of drug-likeness (QED) is 0.328. The van der Waals surface area contributed by atoms with Gasteiger partial charge in [0.15, 0.2) is 17.1 Å². The molecule has 1 heterocycles. The summed E-state index contributed by atoms with van der Waals surface area (Å²) in [4.78, 5) is 16.4. The van der Waals surface area contributed by atoms with E-state index >= 15 is 0 Å². The highest BCUT2D eigenvalue weighted by atomic mass is 32.1. The van der Waals surface area contributed by atoms with E-state index in [2.05, 4.69) is 29.8 Å². The fourth-order valence-electron chi connectivity index (χ4n) is 2.33. The average Bonchev–Trinajstić information content (AvgIpc) is 3.11. The summed E-state index contributed by atoms with van der Waals surface area (Å²) in [6, 6.07) is 9.16. The first-order valence-electron chi connectivity index (χ1n) is 8.27. The molecule has 11 nitrogen and oxygen atoms in total. The van der Waals surface area contributed by atoms with Gasteiger partial charge in [0, 0.05) is 31.7 Å². The molecular weight excluding hydrogens is 396 g/mol. The zero-order valence-electron chi connectivity index (χ0n) is 15.7. The minimum atomic E-state index is -0.549. The highest BCUT2D eigenvalue weighted by molar-refractivity contribution is 7.09. The number of aryl methyl sites for hydroxylation is 1. The van der Waals surface area contributed by atoms with Gasteiger partial charge >= 0.3 is 0 Å². The number of para-hydroxylation sites is 1. The molecule has 0 radical (unpaired) electrons. The number of hydrogen-bond donors (Lipinski definition) is 1.